The molecule has 2 rings (SSSR count). The lowest BCUT2D eigenvalue weighted by atomic mass is 10.3. The van der Waals surface area contributed by atoms with Gasteiger partial charge in [0.25, 0.3) is 0 Å². The highest BCUT2D eigenvalue weighted by molar-refractivity contribution is 7.13. The number of hydrogen-bond acceptors (Lipinski definition) is 6. The Balaban J connectivity index is 1.55. The summed E-state index contributed by atoms with van der Waals surface area (Å²) in [6.45, 7) is 2.56. The molecule has 1 aliphatic carbocycles. The van der Waals surface area contributed by atoms with Crippen molar-refractivity contribution in [1.82, 2.24) is 4.98 Å². The summed E-state index contributed by atoms with van der Waals surface area (Å²) in [4.78, 5) is 15.4. The number of hydrogen-bond donors (Lipinski definition) is 1. The highest BCUT2D eigenvalue weighted by atomic mass is 32.1. The Kier molecular flexibility index (Phi) is 5.60. The van der Waals surface area contributed by atoms with Crippen LogP contribution in [-0.4, -0.2) is 37.8 Å². The Morgan fingerprint density at radius 1 is 1.58 bits per heavy atom. The van der Waals surface area contributed by atoms with Crippen LogP contribution in [0.3, 0.4) is 0 Å². The second kappa shape index (κ2) is 7.45. The lowest BCUT2D eigenvalue weighted by molar-refractivity contribution is -0.139. The molecule has 0 spiro atoms. The van der Waals surface area contributed by atoms with E-state index < -0.39 is 0 Å². The summed E-state index contributed by atoms with van der Waals surface area (Å²) >= 11 is 1.51. The largest absolute Gasteiger partial charge is 0.469 e. The van der Waals surface area contributed by atoms with Gasteiger partial charge in [-0.05, 0) is 25.2 Å². The van der Waals surface area contributed by atoms with E-state index >= 15 is 0 Å². The smallest absolute Gasteiger partial charge is 0.311 e. The molecule has 1 aliphatic rings. The first-order chi connectivity index (χ1) is 9.28. The lowest BCUT2D eigenvalue weighted by Gasteiger charge is -2.03. The fourth-order valence-electron chi connectivity index (χ4n) is 1.59. The maximum Gasteiger partial charge on any atom is 0.311 e. The van der Waals surface area contributed by atoms with E-state index in [4.69, 9.17) is 4.74 Å². The molecule has 19 heavy (non-hydrogen) atoms. The van der Waals surface area contributed by atoms with Gasteiger partial charge < -0.3 is 14.8 Å². The van der Waals surface area contributed by atoms with Gasteiger partial charge in [0.1, 0.15) is 0 Å². The van der Waals surface area contributed by atoms with E-state index in [1.165, 1.54) is 31.3 Å². The van der Waals surface area contributed by atoms with Crippen molar-refractivity contribution in [2.75, 3.05) is 32.2 Å². The lowest BCUT2D eigenvalue weighted by Crippen LogP contribution is -2.07. The molecule has 1 saturated carbocycles. The second-order valence-corrected chi connectivity index (χ2v) is 5.55. The average Bonchev–Trinajstić information content (AvgIpc) is 3.13. The molecule has 1 aromatic heterocycles. The van der Waals surface area contributed by atoms with Crippen LogP contribution in [0.25, 0.3) is 0 Å². The van der Waals surface area contributed by atoms with Crippen molar-refractivity contribution in [3.63, 3.8) is 0 Å². The molecule has 0 aliphatic heterocycles. The first-order valence-corrected chi connectivity index (χ1v) is 7.48. The van der Waals surface area contributed by atoms with Crippen molar-refractivity contribution in [2.45, 2.75) is 25.7 Å². The third kappa shape index (κ3) is 5.57. The molecule has 1 heterocycles. The standard InChI is InChI=1S/C13H20N2O3S/c1-17-12(16)7-11-9-19-13(15-11)14-5-2-6-18-8-10-3-4-10/h9-10H,2-8H2,1H3,(H,14,15). The number of ether oxygens (including phenoxy) is 2. The molecule has 1 aromatic rings. The molecule has 5 nitrogen and oxygen atoms in total. The molecule has 0 atom stereocenters. The Hall–Kier alpha value is -1.14. The average molecular weight is 284 g/mol. The van der Waals surface area contributed by atoms with Gasteiger partial charge in [-0.3, -0.25) is 4.79 Å². The number of anilines is 1. The van der Waals surface area contributed by atoms with Gasteiger partial charge in [0.15, 0.2) is 5.13 Å². The molecule has 6 heteroatoms. The van der Waals surface area contributed by atoms with Crippen molar-refractivity contribution in [3.8, 4) is 0 Å². The highest BCUT2D eigenvalue weighted by Crippen LogP contribution is 2.28. The zero-order valence-corrected chi connectivity index (χ0v) is 12.0. The van der Waals surface area contributed by atoms with Crippen LogP contribution < -0.4 is 5.32 Å². The van der Waals surface area contributed by atoms with Gasteiger partial charge >= 0.3 is 5.97 Å². The Morgan fingerprint density at radius 3 is 3.16 bits per heavy atom. The molecule has 0 radical (unpaired) electrons. The van der Waals surface area contributed by atoms with Crippen molar-refractivity contribution < 1.29 is 14.3 Å². The van der Waals surface area contributed by atoms with Crippen molar-refractivity contribution in [1.29, 1.82) is 0 Å². The van der Waals surface area contributed by atoms with Gasteiger partial charge in [-0.1, -0.05) is 0 Å². The van der Waals surface area contributed by atoms with Crippen LogP contribution >= 0.6 is 11.3 Å². The van der Waals surface area contributed by atoms with E-state index in [-0.39, 0.29) is 12.4 Å². The number of nitrogens with zero attached hydrogens (tertiary/aromatic N) is 1. The van der Waals surface area contributed by atoms with Gasteiger partial charge in [-0.15, -0.1) is 11.3 Å². The zero-order chi connectivity index (χ0) is 13.5. The number of rotatable bonds is 9. The molecule has 1 fully saturated rings. The molecular weight excluding hydrogens is 264 g/mol. The zero-order valence-electron chi connectivity index (χ0n) is 11.2. The van der Waals surface area contributed by atoms with Crippen LogP contribution in [-0.2, 0) is 20.7 Å². The van der Waals surface area contributed by atoms with Crippen LogP contribution in [0, 0.1) is 5.92 Å². The SMILES string of the molecule is COC(=O)Cc1csc(NCCCOCC2CC2)n1. The molecule has 0 bridgehead atoms. The quantitative estimate of drug-likeness (QED) is 0.556. The van der Waals surface area contributed by atoms with E-state index in [0.29, 0.717) is 0 Å². The fourth-order valence-corrected chi connectivity index (χ4v) is 2.33. The monoisotopic (exact) mass is 284 g/mol. The van der Waals surface area contributed by atoms with Crippen LogP contribution in [0.4, 0.5) is 5.13 Å². The van der Waals surface area contributed by atoms with Gasteiger partial charge in [0.2, 0.25) is 0 Å². The molecule has 0 saturated heterocycles. The minimum Gasteiger partial charge on any atom is -0.469 e. The minimum atomic E-state index is -0.259. The minimum absolute atomic E-state index is 0.235. The van der Waals surface area contributed by atoms with Crippen LogP contribution in [0.2, 0.25) is 0 Å². The van der Waals surface area contributed by atoms with Crippen LogP contribution in [0.15, 0.2) is 5.38 Å². The van der Waals surface area contributed by atoms with Crippen molar-refractivity contribution in [3.05, 3.63) is 11.1 Å². The van der Waals surface area contributed by atoms with Crippen LogP contribution in [0.5, 0.6) is 0 Å². The molecule has 1 N–H and O–H groups in total. The number of aromatic nitrogens is 1. The number of nitrogens with one attached hydrogen (secondary N) is 1. The van der Waals surface area contributed by atoms with Crippen molar-refractivity contribution >= 4 is 22.4 Å². The Morgan fingerprint density at radius 2 is 2.42 bits per heavy atom. The van der Waals surface area contributed by atoms with Crippen LogP contribution in [0.1, 0.15) is 25.0 Å². The second-order valence-electron chi connectivity index (χ2n) is 4.70. The third-order valence-corrected chi connectivity index (χ3v) is 3.75. The van der Waals surface area contributed by atoms with E-state index in [2.05, 4.69) is 15.0 Å². The van der Waals surface area contributed by atoms with Gasteiger partial charge in [0, 0.05) is 25.1 Å². The molecule has 0 amide bonds. The summed E-state index contributed by atoms with van der Waals surface area (Å²) < 4.78 is 10.2. The number of carbonyl (C=O) groups excluding carboxylic acids is 1. The molecule has 0 aromatic carbocycles. The predicted molar refractivity (Wildman–Crippen MR) is 74.5 cm³/mol. The third-order valence-electron chi connectivity index (χ3n) is 2.90. The highest BCUT2D eigenvalue weighted by Gasteiger charge is 2.20. The van der Waals surface area contributed by atoms with E-state index in [1.54, 1.807) is 0 Å². The van der Waals surface area contributed by atoms with E-state index in [1.807, 2.05) is 5.38 Å². The topological polar surface area (TPSA) is 60.5 Å². The Labute approximate surface area is 117 Å². The summed E-state index contributed by atoms with van der Waals surface area (Å²) in [5.41, 5.74) is 0.754. The molecule has 0 unspecified atom stereocenters. The number of esters is 1. The first kappa shape index (κ1) is 14.3. The van der Waals surface area contributed by atoms with E-state index in [0.717, 1.165) is 42.9 Å². The summed E-state index contributed by atoms with van der Waals surface area (Å²) in [5, 5.41) is 5.96. The summed E-state index contributed by atoms with van der Waals surface area (Å²) in [7, 11) is 1.38. The maximum atomic E-state index is 11.1. The normalized spacial score (nSPS) is 14.4. The molecular formula is C13H20N2O3S. The summed E-state index contributed by atoms with van der Waals surface area (Å²) in [6, 6.07) is 0. The number of thiazole rings is 1. The predicted octanol–water partition coefficient (Wildman–Crippen LogP) is 2.09. The van der Waals surface area contributed by atoms with Gasteiger partial charge in [-0.25, -0.2) is 4.98 Å². The maximum absolute atomic E-state index is 11.1. The number of carbonyl (C=O) groups is 1. The Bertz CT molecular complexity index is 404. The van der Waals surface area contributed by atoms with Gasteiger partial charge in [-0.2, -0.15) is 0 Å². The van der Waals surface area contributed by atoms with Gasteiger partial charge in [0.05, 0.1) is 19.2 Å². The summed E-state index contributed by atoms with van der Waals surface area (Å²) in [5.74, 6) is 0.568. The first-order valence-electron chi connectivity index (χ1n) is 6.60. The van der Waals surface area contributed by atoms with E-state index in [9.17, 15) is 4.79 Å². The van der Waals surface area contributed by atoms with Crippen molar-refractivity contribution in [2.24, 2.45) is 5.92 Å². The fraction of sp³-hybridized carbons (Fsp3) is 0.692. The number of methoxy groups -OCH3 is 1. The molecule has 106 valence electrons. The summed E-state index contributed by atoms with van der Waals surface area (Å²) in [6.07, 6.45) is 3.87.